The molecule has 1 amide bonds. The molecule has 0 spiro atoms. The second kappa shape index (κ2) is 7.44. The van der Waals surface area contributed by atoms with Gasteiger partial charge in [-0.05, 0) is 43.3 Å². The number of rotatable bonds is 4. The molecule has 0 bridgehead atoms. The molecule has 7 heteroatoms. The van der Waals surface area contributed by atoms with Crippen molar-refractivity contribution in [2.24, 2.45) is 0 Å². The summed E-state index contributed by atoms with van der Waals surface area (Å²) < 4.78 is 17.9. The Kier molecular flexibility index (Phi) is 5.58. The summed E-state index contributed by atoms with van der Waals surface area (Å²) in [6, 6.07) is 9.78. The topological polar surface area (TPSA) is 55.4 Å². The van der Waals surface area contributed by atoms with E-state index in [9.17, 15) is 14.0 Å². The fourth-order valence-electron chi connectivity index (χ4n) is 1.74. The van der Waals surface area contributed by atoms with Crippen molar-refractivity contribution in [3.8, 4) is 0 Å². The van der Waals surface area contributed by atoms with Crippen LogP contribution < -0.4 is 5.32 Å². The summed E-state index contributed by atoms with van der Waals surface area (Å²) >= 11 is 11.8. The normalized spacial score (nSPS) is 11.7. The summed E-state index contributed by atoms with van der Waals surface area (Å²) in [6.07, 6.45) is -1.08. The van der Waals surface area contributed by atoms with Gasteiger partial charge < -0.3 is 10.1 Å². The van der Waals surface area contributed by atoms with Crippen LogP contribution in [0.25, 0.3) is 0 Å². The SMILES string of the molecule is C[C@@H](OC(=O)c1c(Cl)cccc1Cl)C(=O)Nc1ccc(F)cc1. The van der Waals surface area contributed by atoms with E-state index in [1.165, 1.54) is 43.3 Å². The number of carbonyl (C=O) groups is 2. The lowest BCUT2D eigenvalue weighted by Gasteiger charge is -2.14. The highest BCUT2D eigenvalue weighted by molar-refractivity contribution is 6.39. The number of hydrogen-bond acceptors (Lipinski definition) is 3. The minimum absolute atomic E-state index is 0.00253. The van der Waals surface area contributed by atoms with Crippen molar-refractivity contribution in [2.75, 3.05) is 5.32 Å². The zero-order valence-corrected chi connectivity index (χ0v) is 13.5. The van der Waals surface area contributed by atoms with Gasteiger partial charge in [0.05, 0.1) is 15.6 Å². The maximum atomic E-state index is 12.8. The number of nitrogens with one attached hydrogen (secondary N) is 1. The zero-order chi connectivity index (χ0) is 17.0. The van der Waals surface area contributed by atoms with E-state index in [0.29, 0.717) is 5.69 Å². The van der Waals surface area contributed by atoms with Crippen LogP contribution in [0, 0.1) is 5.82 Å². The lowest BCUT2D eigenvalue weighted by molar-refractivity contribution is -0.123. The van der Waals surface area contributed by atoms with Crippen LogP contribution in [0.3, 0.4) is 0 Å². The summed E-state index contributed by atoms with van der Waals surface area (Å²) in [5, 5.41) is 2.77. The van der Waals surface area contributed by atoms with Crippen LogP contribution in [0.1, 0.15) is 17.3 Å². The first-order valence-electron chi connectivity index (χ1n) is 6.60. The Labute approximate surface area is 142 Å². The largest absolute Gasteiger partial charge is 0.449 e. The molecule has 1 atom stereocenters. The van der Waals surface area contributed by atoms with Gasteiger partial charge in [-0.2, -0.15) is 0 Å². The smallest absolute Gasteiger partial charge is 0.341 e. The van der Waals surface area contributed by atoms with Gasteiger partial charge >= 0.3 is 5.97 Å². The van der Waals surface area contributed by atoms with Crippen molar-refractivity contribution in [1.82, 2.24) is 0 Å². The average Bonchev–Trinajstić information content (AvgIpc) is 2.49. The van der Waals surface area contributed by atoms with Crippen LogP contribution in [0.15, 0.2) is 42.5 Å². The third-order valence-electron chi connectivity index (χ3n) is 2.93. The predicted molar refractivity (Wildman–Crippen MR) is 86.4 cm³/mol. The van der Waals surface area contributed by atoms with E-state index < -0.39 is 23.8 Å². The molecule has 0 unspecified atom stereocenters. The number of amides is 1. The Balaban J connectivity index is 2.03. The Morgan fingerprint density at radius 2 is 1.65 bits per heavy atom. The van der Waals surface area contributed by atoms with Gasteiger partial charge in [-0.25, -0.2) is 9.18 Å². The molecule has 0 fully saturated rings. The van der Waals surface area contributed by atoms with E-state index >= 15 is 0 Å². The number of halogens is 3. The van der Waals surface area contributed by atoms with Gasteiger partial charge in [0, 0.05) is 5.69 Å². The zero-order valence-electron chi connectivity index (χ0n) is 12.0. The summed E-state index contributed by atoms with van der Waals surface area (Å²) in [7, 11) is 0. The van der Waals surface area contributed by atoms with Crippen LogP contribution >= 0.6 is 23.2 Å². The van der Waals surface area contributed by atoms with Crippen molar-refractivity contribution >= 4 is 40.8 Å². The standard InChI is InChI=1S/C16H12Cl2FNO3/c1-9(15(21)20-11-7-5-10(19)6-8-11)23-16(22)14-12(17)3-2-4-13(14)18/h2-9H,1H3,(H,20,21)/t9-/m1/s1. The van der Waals surface area contributed by atoms with Crippen molar-refractivity contribution in [2.45, 2.75) is 13.0 Å². The predicted octanol–water partition coefficient (Wildman–Crippen LogP) is 4.32. The third-order valence-corrected chi connectivity index (χ3v) is 3.56. The van der Waals surface area contributed by atoms with Gasteiger partial charge in [0.1, 0.15) is 5.82 Å². The van der Waals surface area contributed by atoms with Crippen LogP contribution in [0.2, 0.25) is 10.0 Å². The molecule has 0 saturated carbocycles. The molecular weight excluding hydrogens is 344 g/mol. The molecular formula is C16H12Cl2FNO3. The van der Waals surface area contributed by atoms with Gasteiger partial charge in [0.15, 0.2) is 6.10 Å². The number of hydrogen-bond donors (Lipinski definition) is 1. The lowest BCUT2D eigenvalue weighted by atomic mass is 10.2. The van der Waals surface area contributed by atoms with E-state index in [1.54, 1.807) is 6.07 Å². The molecule has 1 N–H and O–H groups in total. The highest BCUT2D eigenvalue weighted by atomic mass is 35.5. The molecule has 0 aliphatic rings. The molecule has 2 aromatic rings. The molecule has 0 radical (unpaired) electrons. The van der Waals surface area contributed by atoms with E-state index in [4.69, 9.17) is 27.9 Å². The lowest BCUT2D eigenvalue weighted by Crippen LogP contribution is -2.30. The Hall–Kier alpha value is -2.11. The molecule has 0 aliphatic carbocycles. The van der Waals surface area contributed by atoms with Gasteiger partial charge in [0.2, 0.25) is 0 Å². The summed E-state index contributed by atoms with van der Waals surface area (Å²) in [6.45, 7) is 1.40. The van der Waals surface area contributed by atoms with Crippen LogP contribution in [0.5, 0.6) is 0 Å². The van der Waals surface area contributed by atoms with E-state index in [0.717, 1.165) is 0 Å². The van der Waals surface area contributed by atoms with Crippen molar-refractivity contribution in [3.05, 3.63) is 63.9 Å². The first-order valence-corrected chi connectivity index (χ1v) is 7.35. The van der Waals surface area contributed by atoms with Crippen LogP contribution in [-0.4, -0.2) is 18.0 Å². The number of esters is 1. The molecule has 4 nitrogen and oxygen atoms in total. The van der Waals surface area contributed by atoms with Gasteiger partial charge in [-0.3, -0.25) is 4.79 Å². The van der Waals surface area contributed by atoms with Gasteiger partial charge in [-0.1, -0.05) is 29.3 Å². The fourth-order valence-corrected chi connectivity index (χ4v) is 2.29. The molecule has 0 heterocycles. The quantitative estimate of drug-likeness (QED) is 0.831. The molecule has 0 aromatic heterocycles. The Morgan fingerprint density at radius 3 is 2.22 bits per heavy atom. The summed E-state index contributed by atoms with van der Waals surface area (Å²) in [5.41, 5.74) is 0.382. The number of benzene rings is 2. The minimum Gasteiger partial charge on any atom is -0.449 e. The molecule has 120 valence electrons. The third kappa shape index (κ3) is 4.43. The number of carbonyl (C=O) groups excluding carboxylic acids is 2. The van der Waals surface area contributed by atoms with Crippen LogP contribution in [-0.2, 0) is 9.53 Å². The van der Waals surface area contributed by atoms with Gasteiger partial charge in [-0.15, -0.1) is 0 Å². The number of anilines is 1. The molecule has 2 rings (SSSR count). The van der Waals surface area contributed by atoms with E-state index in [1.807, 2.05) is 0 Å². The second-order valence-electron chi connectivity index (χ2n) is 4.64. The molecule has 0 aliphatic heterocycles. The maximum Gasteiger partial charge on any atom is 0.341 e. The average molecular weight is 356 g/mol. The fraction of sp³-hybridized carbons (Fsp3) is 0.125. The maximum absolute atomic E-state index is 12.8. The van der Waals surface area contributed by atoms with Crippen LogP contribution in [0.4, 0.5) is 10.1 Å². The highest BCUT2D eigenvalue weighted by Gasteiger charge is 2.22. The summed E-state index contributed by atoms with van der Waals surface area (Å²) in [5.74, 6) is -1.79. The first kappa shape index (κ1) is 17.2. The first-order chi connectivity index (χ1) is 10.9. The molecule has 0 saturated heterocycles. The van der Waals surface area contributed by atoms with E-state index in [2.05, 4.69) is 5.32 Å². The van der Waals surface area contributed by atoms with Crippen molar-refractivity contribution < 1.29 is 18.7 Å². The minimum atomic E-state index is -1.08. The van der Waals surface area contributed by atoms with Crippen molar-refractivity contribution in [3.63, 3.8) is 0 Å². The Morgan fingerprint density at radius 1 is 1.09 bits per heavy atom. The highest BCUT2D eigenvalue weighted by Crippen LogP contribution is 2.25. The van der Waals surface area contributed by atoms with E-state index in [-0.39, 0.29) is 15.6 Å². The van der Waals surface area contributed by atoms with Gasteiger partial charge in [0.25, 0.3) is 5.91 Å². The number of ether oxygens (including phenoxy) is 1. The van der Waals surface area contributed by atoms with Crippen molar-refractivity contribution in [1.29, 1.82) is 0 Å². The molecule has 23 heavy (non-hydrogen) atoms. The second-order valence-corrected chi connectivity index (χ2v) is 5.45. The Bertz CT molecular complexity index is 714. The monoisotopic (exact) mass is 355 g/mol. The molecule has 2 aromatic carbocycles. The summed E-state index contributed by atoms with van der Waals surface area (Å²) in [4.78, 5) is 24.1.